The normalized spacial score (nSPS) is 21.2. The van der Waals surface area contributed by atoms with Gasteiger partial charge in [0.15, 0.2) is 0 Å². The van der Waals surface area contributed by atoms with E-state index in [0.717, 1.165) is 32.4 Å². The van der Waals surface area contributed by atoms with E-state index in [-0.39, 0.29) is 0 Å². The van der Waals surface area contributed by atoms with Gasteiger partial charge >= 0.3 is 0 Å². The number of halogens is 1. The van der Waals surface area contributed by atoms with Gasteiger partial charge in [0.1, 0.15) is 0 Å². The van der Waals surface area contributed by atoms with Gasteiger partial charge in [0, 0.05) is 18.0 Å². The minimum atomic E-state index is -3.03. The van der Waals surface area contributed by atoms with Crippen molar-refractivity contribution in [1.29, 1.82) is 0 Å². The molecule has 1 unspecified atom stereocenters. The molecule has 1 aliphatic rings. The van der Waals surface area contributed by atoms with E-state index in [1.807, 2.05) is 0 Å². The third-order valence-corrected chi connectivity index (χ3v) is 6.51. The fourth-order valence-corrected chi connectivity index (χ4v) is 4.92. The van der Waals surface area contributed by atoms with E-state index in [0.29, 0.717) is 19.0 Å². The number of hydrogen-bond donors (Lipinski definition) is 1. The summed E-state index contributed by atoms with van der Waals surface area (Å²) >= 11 is 5.23. The minimum Gasteiger partial charge on any atom is -0.316 e. The maximum atomic E-state index is 11.6. The van der Waals surface area contributed by atoms with Gasteiger partial charge in [0.05, 0.1) is 10.0 Å². The molecule has 0 saturated carbocycles. The summed E-state index contributed by atoms with van der Waals surface area (Å²) in [7, 11) is -3.03. The molecular weight excluding hydrogens is 360 g/mol. The SMILES string of the molecule is CS(=O)(=O)N1CCCC(CNCCc2ccc(Br)s2)C1. The summed E-state index contributed by atoms with van der Waals surface area (Å²) in [5, 5.41) is 3.45. The molecule has 20 heavy (non-hydrogen) atoms. The quantitative estimate of drug-likeness (QED) is 0.770. The van der Waals surface area contributed by atoms with Crippen LogP contribution in [0.2, 0.25) is 0 Å². The summed E-state index contributed by atoms with van der Waals surface area (Å²) in [5.41, 5.74) is 0. The van der Waals surface area contributed by atoms with Crippen LogP contribution in [0.1, 0.15) is 17.7 Å². The Balaban J connectivity index is 1.69. The molecule has 7 heteroatoms. The zero-order valence-corrected chi connectivity index (χ0v) is 14.9. The molecule has 1 aromatic rings. The standard InChI is InChI=1S/C13H21BrN2O2S2/c1-20(17,18)16-8-2-3-11(10-16)9-15-7-6-12-4-5-13(14)19-12/h4-5,11,15H,2-3,6-10H2,1H3. The van der Waals surface area contributed by atoms with Crippen molar-refractivity contribution in [2.24, 2.45) is 5.92 Å². The molecule has 1 saturated heterocycles. The van der Waals surface area contributed by atoms with Crippen LogP contribution in [0.15, 0.2) is 15.9 Å². The maximum Gasteiger partial charge on any atom is 0.211 e. The van der Waals surface area contributed by atoms with E-state index in [1.54, 1.807) is 15.6 Å². The molecule has 1 atom stereocenters. The minimum absolute atomic E-state index is 0.438. The number of sulfonamides is 1. The number of thiophene rings is 1. The lowest BCUT2D eigenvalue weighted by Gasteiger charge is -2.31. The summed E-state index contributed by atoms with van der Waals surface area (Å²) < 4.78 is 25.9. The molecular formula is C13H21BrN2O2S2. The molecule has 2 rings (SSSR count). The Morgan fingerprint density at radius 3 is 2.95 bits per heavy atom. The molecule has 4 nitrogen and oxygen atoms in total. The summed E-state index contributed by atoms with van der Waals surface area (Å²) in [4.78, 5) is 1.37. The number of rotatable bonds is 6. The Morgan fingerprint density at radius 2 is 2.30 bits per heavy atom. The van der Waals surface area contributed by atoms with Crippen LogP contribution in [0.4, 0.5) is 0 Å². The van der Waals surface area contributed by atoms with E-state index in [4.69, 9.17) is 0 Å². The average Bonchev–Trinajstić information content (AvgIpc) is 2.80. The third kappa shape index (κ3) is 5.11. The number of hydrogen-bond acceptors (Lipinski definition) is 4. The summed E-state index contributed by atoms with van der Waals surface area (Å²) in [6.07, 6.45) is 4.41. The Kier molecular flexibility index (Phi) is 6.04. The molecule has 2 heterocycles. The van der Waals surface area contributed by atoms with Crippen molar-refractivity contribution in [2.45, 2.75) is 19.3 Å². The molecule has 1 aliphatic heterocycles. The fraction of sp³-hybridized carbons (Fsp3) is 0.692. The van der Waals surface area contributed by atoms with Crippen molar-refractivity contribution in [3.05, 3.63) is 20.8 Å². The summed E-state index contributed by atoms with van der Waals surface area (Å²) in [5.74, 6) is 0.438. The van der Waals surface area contributed by atoms with Crippen LogP contribution in [0.25, 0.3) is 0 Å². The van der Waals surface area contributed by atoms with E-state index in [1.165, 1.54) is 14.9 Å². The smallest absolute Gasteiger partial charge is 0.211 e. The molecule has 1 aromatic heterocycles. The Hall–Kier alpha value is 0.0500. The van der Waals surface area contributed by atoms with Gasteiger partial charge in [0.25, 0.3) is 0 Å². The highest BCUT2D eigenvalue weighted by Crippen LogP contribution is 2.22. The monoisotopic (exact) mass is 380 g/mol. The topological polar surface area (TPSA) is 49.4 Å². The van der Waals surface area contributed by atoms with E-state index >= 15 is 0 Å². The largest absolute Gasteiger partial charge is 0.316 e. The van der Waals surface area contributed by atoms with Crippen LogP contribution in [0, 0.1) is 5.92 Å². The molecule has 0 bridgehead atoms. The van der Waals surface area contributed by atoms with E-state index in [9.17, 15) is 8.42 Å². The Labute approximate surface area is 133 Å². The van der Waals surface area contributed by atoms with Gasteiger partial charge in [-0.05, 0) is 66.3 Å². The first kappa shape index (κ1) is 16.4. The van der Waals surface area contributed by atoms with Gasteiger partial charge in [-0.3, -0.25) is 0 Å². The number of nitrogens with one attached hydrogen (secondary N) is 1. The van der Waals surface area contributed by atoms with Crippen LogP contribution in [-0.4, -0.2) is 45.2 Å². The second-order valence-corrected chi connectivity index (χ2v) is 9.82. The number of piperidine rings is 1. The predicted octanol–water partition coefficient (Wildman–Crippen LogP) is 2.31. The second kappa shape index (κ2) is 7.35. The van der Waals surface area contributed by atoms with Crippen LogP contribution >= 0.6 is 27.3 Å². The average molecular weight is 381 g/mol. The van der Waals surface area contributed by atoms with Crippen molar-refractivity contribution in [3.8, 4) is 0 Å². The lowest BCUT2D eigenvalue weighted by molar-refractivity contribution is 0.262. The van der Waals surface area contributed by atoms with Gasteiger partial charge in [-0.15, -0.1) is 11.3 Å². The van der Waals surface area contributed by atoms with Crippen molar-refractivity contribution >= 4 is 37.3 Å². The second-order valence-electron chi connectivity index (χ2n) is 5.29. The van der Waals surface area contributed by atoms with Crippen LogP contribution < -0.4 is 5.32 Å². The highest BCUT2D eigenvalue weighted by atomic mass is 79.9. The van der Waals surface area contributed by atoms with Gasteiger partial charge in [-0.1, -0.05) is 0 Å². The Morgan fingerprint density at radius 1 is 1.50 bits per heavy atom. The molecule has 0 amide bonds. The first-order valence-electron chi connectivity index (χ1n) is 6.85. The molecule has 0 aliphatic carbocycles. The third-order valence-electron chi connectivity index (χ3n) is 3.56. The number of nitrogens with zero attached hydrogens (tertiary/aromatic N) is 1. The Bertz CT molecular complexity index is 530. The highest BCUT2D eigenvalue weighted by Gasteiger charge is 2.25. The van der Waals surface area contributed by atoms with Gasteiger partial charge in [-0.2, -0.15) is 0 Å². The summed E-state index contributed by atoms with van der Waals surface area (Å²) in [6.45, 7) is 3.19. The molecule has 114 valence electrons. The van der Waals surface area contributed by atoms with Crippen LogP contribution in [-0.2, 0) is 16.4 Å². The van der Waals surface area contributed by atoms with Crippen LogP contribution in [0.3, 0.4) is 0 Å². The molecule has 1 N–H and O–H groups in total. The maximum absolute atomic E-state index is 11.6. The van der Waals surface area contributed by atoms with E-state index in [2.05, 4.69) is 33.4 Å². The molecule has 0 radical (unpaired) electrons. The van der Waals surface area contributed by atoms with Crippen molar-refractivity contribution < 1.29 is 8.42 Å². The first-order valence-corrected chi connectivity index (χ1v) is 10.3. The van der Waals surface area contributed by atoms with Gasteiger partial charge in [0.2, 0.25) is 10.0 Å². The molecule has 0 spiro atoms. The molecule has 1 fully saturated rings. The fourth-order valence-electron chi connectivity index (χ4n) is 2.50. The first-order chi connectivity index (χ1) is 9.45. The lowest BCUT2D eigenvalue weighted by atomic mass is 10.00. The molecule has 0 aromatic carbocycles. The van der Waals surface area contributed by atoms with Gasteiger partial charge < -0.3 is 5.32 Å². The zero-order chi connectivity index (χ0) is 14.6. The van der Waals surface area contributed by atoms with Crippen LogP contribution in [0.5, 0.6) is 0 Å². The predicted molar refractivity (Wildman–Crippen MR) is 87.7 cm³/mol. The van der Waals surface area contributed by atoms with E-state index < -0.39 is 10.0 Å². The highest BCUT2D eigenvalue weighted by molar-refractivity contribution is 9.11. The van der Waals surface area contributed by atoms with Crippen molar-refractivity contribution in [3.63, 3.8) is 0 Å². The van der Waals surface area contributed by atoms with Gasteiger partial charge in [-0.25, -0.2) is 12.7 Å². The lowest BCUT2D eigenvalue weighted by Crippen LogP contribution is -2.42. The zero-order valence-electron chi connectivity index (χ0n) is 11.6. The van der Waals surface area contributed by atoms with Crippen molar-refractivity contribution in [2.75, 3.05) is 32.4 Å². The van der Waals surface area contributed by atoms with Crippen molar-refractivity contribution in [1.82, 2.24) is 9.62 Å². The summed E-state index contributed by atoms with van der Waals surface area (Å²) in [6, 6.07) is 4.22.